The molecule has 3 aromatic rings. The molecule has 0 bridgehead atoms. The predicted octanol–water partition coefficient (Wildman–Crippen LogP) is 9.33. The number of fused-ring (bicyclic) bond motifs is 2. The quantitative estimate of drug-likeness (QED) is 0.101. The monoisotopic (exact) mass is 654 g/mol. The van der Waals surface area contributed by atoms with E-state index in [-0.39, 0.29) is 29.1 Å². The van der Waals surface area contributed by atoms with Crippen molar-refractivity contribution < 1.29 is 29.3 Å². The highest BCUT2D eigenvalue weighted by atomic mass is 35.5. The fraction of sp³-hybridized carbons (Fsp3) is 0.289. The molecular weight excluding hydrogens is 616 g/mol. The van der Waals surface area contributed by atoms with Crippen molar-refractivity contribution in [1.29, 1.82) is 0 Å². The van der Waals surface area contributed by atoms with Gasteiger partial charge in [0.1, 0.15) is 17.1 Å². The summed E-state index contributed by atoms with van der Waals surface area (Å²) in [4.78, 5) is 30.4. The van der Waals surface area contributed by atoms with E-state index in [1.54, 1.807) is 42.5 Å². The van der Waals surface area contributed by atoms with Gasteiger partial charge in [-0.15, -0.1) is 0 Å². The molecule has 0 aromatic heterocycles. The molecule has 8 nitrogen and oxygen atoms in total. The fourth-order valence-electron chi connectivity index (χ4n) is 6.19. The van der Waals surface area contributed by atoms with Gasteiger partial charge in [0.25, 0.3) is 0 Å². The molecule has 1 aliphatic carbocycles. The second kappa shape index (κ2) is 13.5. The first-order chi connectivity index (χ1) is 22.2. The molecule has 3 N–H and O–H groups in total. The van der Waals surface area contributed by atoms with Crippen LogP contribution in [0.3, 0.4) is 0 Å². The first-order valence-electron chi connectivity index (χ1n) is 15.6. The van der Waals surface area contributed by atoms with Gasteiger partial charge in [-0.25, -0.2) is 4.79 Å². The normalized spacial score (nSPS) is 12.9. The molecule has 0 spiro atoms. The van der Waals surface area contributed by atoms with E-state index in [9.17, 15) is 19.8 Å². The van der Waals surface area contributed by atoms with Crippen molar-refractivity contribution in [3.05, 3.63) is 94.3 Å². The molecule has 244 valence electrons. The summed E-state index contributed by atoms with van der Waals surface area (Å²) in [5, 5.41) is 31.0. The lowest BCUT2D eigenvalue weighted by Gasteiger charge is -2.26. The van der Waals surface area contributed by atoms with Crippen LogP contribution >= 0.6 is 11.6 Å². The number of benzene rings is 4. The van der Waals surface area contributed by atoms with Gasteiger partial charge in [0.2, 0.25) is 0 Å². The number of aromatic hydroxyl groups is 1. The number of hydrogen-bond acceptors (Lipinski definition) is 6. The molecule has 0 amide bonds. The number of nitrogens with zero attached hydrogens (tertiary/aromatic N) is 2. The highest BCUT2D eigenvalue weighted by Crippen LogP contribution is 2.45. The summed E-state index contributed by atoms with van der Waals surface area (Å²) in [6, 6.07) is 21.2. The van der Waals surface area contributed by atoms with Crippen LogP contribution in [0.4, 0.5) is 11.4 Å². The van der Waals surface area contributed by atoms with Gasteiger partial charge in [-0.3, -0.25) is 9.79 Å². The average Bonchev–Trinajstić information content (AvgIpc) is 3.00. The Labute approximate surface area is 278 Å². The SMILES string of the molecule is CC(CC(C)(C)C)c1cc2c(-c3ccccc3C(=O)O)c3cc(Cl)c(N(C)c4ccc(O)cc4)cc3oc-2c/c1=N\CCCC(=O)O. The molecule has 47 heavy (non-hydrogen) atoms. The third-order valence-electron chi connectivity index (χ3n) is 8.24. The number of carbonyl (C=O) groups is 2. The minimum absolute atomic E-state index is 0.0210. The number of carboxylic acid groups (broad SMARTS) is 2. The number of anilines is 2. The van der Waals surface area contributed by atoms with Crippen molar-refractivity contribution in [3.63, 3.8) is 0 Å². The topological polar surface area (TPSA) is 124 Å². The highest BCUT2D eigenvalue weighted by Gasteiger charge is 2.26. The molecule has 1 heterocycles. The van der Waals surface area contributed by atoms with E-state index in [1.807, 2.05) is 42.3 Å². The number of aliphatic carboxylic acids is 1. The van der Waals surface area contributed by atoms with Gasteiger partial charge in [-0.1, -0.05) is 57.5 Å². The maximum atomic E-state index is 12.5. The van der Waals surface area contributed by atoms with Gasteiger partial charge in [0.05, 0.1) is 21.6 Å². The Morgan fingerprint density at radius 3 is 2.34 bits per heavy atom. The molecular formula is C38H39ClN2O6. The van der Waals surface area contributed by atoms with Crippen LogP contribution < -0.4 is 10.3 Å². The second-order valence-corrected chi connectivity index (χ2v) is 13.6. The lowest BCUT2D eigenvalue weighted by Crippen LogP contribution is -2.19. The molecule has 2 aliphatic rings. The zero-order valence-corrected chi connectivity index (χ0v) is 27.9. The van der Waals surface area contributed by atoms with E-state index < -0.39 is 11.9 Å². The van der Waals surface area contributed by atoms with Crippen LogP contribution in [0.25, 0.3) is 33.4 Å². The number of phenolic OH excluding ortho intramolecular Hbond substituents is 1. The summed E-state index contributed by atoms with van der Waals surface area (Å²) in [6.45, 7) is 9.03. The zero-order valence-electron chi connectivity index (χ0n) is 27.2. The van der Waals surface area contributed by atoms with Gasteiger partial charge >= 0.3 is 11.9 Å². The van der Waals surface area contributed by atoms with Crippen LogP contribution in [0, 0.1) is 5.41 Å². The largest absolute Gasteiger partial charge is 0.508 e. The smallest absolute Gasteiger partial charge is 0.336 e. The first kappa shape index (κ1) is 33.5. The average molecular weight is 655 g/mol. The van der Waals surface area contributed by atoms with Crippen LogP contribution in [0.15, 0.2) is 82.2 Å². The summed E-state index contributed by atoms with van der Waals surface area (Å²) in [5.74, 6) is -1.17. The van der Waals surface area contributed by atoms with E-state index in [0.29, 0.717) is 51.5 Å². The van der Waals surface area contributed by atoms with Crippen molar-refractivity contribution in [3.8, 4) is 28.2 Å². The van der Waals surface area contributed by atoms with E-state index in [1.165, 1.54) is 0 Å². The Hall–Kier alpha value is -4.82. The van der Waals surface area contributed by atoms with E-state index >= 15 is 0 Å². The minimum atomic E-state index is -1.05. The number of carboxylic acids is 2. The number of halogens is 1. The van der Waals surface area contributed by atoms with Crippen molar-refractivity contribution >= 4 is 45.9 Å². The second-order valence-electron chi connectivity index (χ2n) is 13.2. The molecule has 1 unspecified atom stereocenters. The molecule has 0 fully saturated rings. The predicted molar refractivity (Wildman–Crippen MR) is 186 cm³/mol. The standard InChI is InChI=1S/C38H39ClN2O6/c1-22(21-38(2,3)4)27-17-28-33(19-31(27)40-16-8-11-35(43)44)47-34-20-32(41(5)23-12-14-24(42)15-13-23)30(39)18-29(34)36(28)25-9-6-7-10-26(25)37(45)46/h6-7,9-10,12-15,17-20,22,42H,8,11,16,21H2,1-5H3,(H,43,44)(H,45,46)/b40-31+. The molecule has 0 saturated heterocycles. The molecule has 1 aliphatic heterocycles. The Balaban J connectivity index is 1.84. The molecule has 0 saturated carbocycles. The first-order valence-corrected chi connectivity index (χ1v) is 15.9. The third-order valence-corrected chi connectivity index (χ3v) is 8.54. The van der Waals surface area contributed by atoms with Gasteiger partial charge in [0, 0.05) is 54.3 Å². The number of hydrogen-bond donors (Lipinski definition) is 3. The molecule has 9 heteroatoms. The minimum Gasteiger partial charge on any atom is -0.508 e. The van der Waals surface area contributed by atoms with Crippen LogP contribution in [-0.2, 0) is 4.79 Å². The van der Waals surface area contributed by atoms with Crippen molar-refractivity contribution in [2.24, 2.45) is 10.4 Å². The van der Waals surface area contributed by atoms with Crippen LogP contribution in [0.1, 0.15) is 68.8 Å². The molecule has 3 aromatic carbocycles. The van der Waals surface area contributed by atoms with Crippen LogP contribution in [0.2, 0.25) is 5.02 Å². The fourth-order valence-corrected chi connectivity index (χ4v) is 6.48. The lowest BCUT2D eigenvalue weighted by atomic mass is 9.81. The zero-order chi connectivity index (χ0) is 34.0. The van der Waals surface area contributed by atoms with Gasteiger partial charge in [0.15, 0.2) is 0 Å². The van der Waals surface area contributed by atoms with Crippen molar-refractivity contribution in [1.82, 2.24) is 0 Å². The Kier molecular flexibility index (Phi) is 9.63. The summed E-state index contributed by atoms with van der Waals surface area (Å²) < 4.78 is 6.60. The molecule has 0 radical (unpaired) electrons. The Morgan fingerprint density at radius 1 is 0.979 bits per heavy atom. The number of phenols is 1. The van der Waals surface area contributed by atoms with E-state index in [0.717, 1.165) is 28.6 Å². The summed E-state index contributed by atoms with van der Waals surface area (Å²) in [7, 11) is 1.86. The summed E-state index contributed by atoms with van der Waals surface area (Å²) >= 11 is 6.96. The Bertz CT molecular complexity index is 1990. The lowest BCUT2D eigenvalue weighted by molar-refractivity contribution is -0.137. The Morgan fingerprint density at radius 2 is 1.68 bits per heavy atom. The maximum Gasteiger partial charge on any atom is 0.336 e. The number of aromatic carboxylic acids is 1. The maximum absolute atomic E-state index is 12.5. The molecule has 1 atom stereocenters. The van der Waals surface area contributed by atoms with Gasteiger partial charge in [-0.05, 0) is 77.8 Å². The van der Waals surface area contributed by atoms with Crippen molar-refractivity contribution in [2.45, 2.75) is 52.9 Å². The van der Waals surface area contributed by atoms with Crippen LogP contribution in [0.5, 0.6) is 5.75 Å². The summed E-state index contributed by atoms with van der Waals surface area (Å²) in [5.41, 5.74) is 5.02. The third kappa shape index (κ3) is 7.44. The molecule has 5 rings (SSSR count). The van der Waals surface area contributed by atoms with E-state index in [2.05, 4.69) is 27.7 Å². The van der Waals surface area contributed by atoms with Gasteiger partial charge in [-0.2, -0.15) is 0 Å². The van der Waals surface area contributed by atoms with Crippen LogP contribution in [-0.4, -0.2) is 40.9 Å². The summed E-state index contributed by atoms with van der Waals surface area (Å²) in [6.07, 6.45) is 1.28. The number of rotatable bonds is 10. The van der Waals surface area contributed by atoms with E-state index in [4.69, 9.17) is 26.1 Å². The van der Waals surface area contributed by atoms with Gasteiger partial charge < -0.3 is 24.6 Å². The highest BCUT2D eigenvalue weighted by molar-refractivity contribution is 6.34. The van der Waals surface area contributed by atoms with Crippen molar-refractivity contribution in [2.75, 3.05) is 18.5 Å².